The Morgan fingerprint density at radius 3 is 2.38 bits per heavy atom. The number of rotatable bonds is 6. The van der Waals surface area contributed by atoms with E-state index in [1.165, 1.54) is 10.4 Å². The van der Waals surface area contributed by atoms with E-state index < -0.39 is 10.0 Å². The predicted octanol–water partition coefficient (Wildman–Crippen LogP) is 2.87. The van der Waals surface area contributed by atoms with Gasteiger partial charge in [-0.25, -0.2) is 8.42 Å². The minimum absolute atomic E-state index is 0.242. The van der Waals surface area contributed by atoms with Gasteiger partial charge < -0.3 is 5.73 Å². The highest BCUT2D eigenvalue weighted by Crippen LogP contribution is 2.20. The number of sulfonamides is 1. The van der Waals surface area contributed by atoms with E-state index in [4.69, 9.17) is 5.73 Å². The van der Waals surface area contributed by atoms with E-state index >= 15 is 0 Å². The number of anilines is 1. The van der Waals surface area contributed by atoms with Gasteiger partial charge in [0.05, 0.1) is 4.90 Å². The molecule has 0 saturated heterocycles. The molecule has 0 aliphatic heterocycles. The van der Waals surface area contributed by atoms with E-state index in [1.807, 2.05) is 37.3 Å². The summed E-state index contributed by atoms with van der Waals surface area (Å²) in [5.74, 6) is 0. The first-order valence-electron chi connectivity index (χ1n) is 6.93. The summed E-state index contributed by atoms with van der Waals surface area (Å²) in [5, 5.41) is 0. The smallest absolute Gasteiger partial charge is 0.243 e. The second-order valence-electron chi connectivity index (χ2n) is 4.90. The molecule has 0 bridgehead atoms. The van der Waals surface area contributed by atoms with Crippen molar-refractivity contribution >= 4 is 15.7 Å². The molecule has 2 rings (SSSR count). The Kier molecular flexibility index (Phi) is 4.98. The predicted molar refractivity (Wildman–Crippen MR) is 85.2 cm³/mol. The van der Waals surface area contributed by atoms with Crippen LogP contribution in [0.2, 0.25) is 0 Å². The van der Waals surface area contributed by atoms with E-state index in [1.54, 1.807) is 18.2 Å². The minimum Gasteiger partial charge on any atom is -0.399 e. The number of hydrogen-bond acceptors (Lipinski definition) is 3. The molecule has 0 fully saturated rings. The quantitative estimate of drug-likeness (QED) is 0.835. The highest BCUT2D eigenvalue weighted by atomic mass is 32.2. The monoisotopic (exact) mass is 304 g/mol. The van der Waals surface area contributed by atoms with Crippen molar-refractivity contribution in [2.45, 2.75) is 24.8 Å². The van der Waals surface area contributed by atoms with Crippen LogP contribution in [0.15, 0.2) is 59.5 Å². The molecule has 2 aromatic carbocycles. The van der Waals surface area contributed by atoms with Crippen molar-refractivity contribution in [3.8, 4) is 0 Å². The van der Waals surface area contributed by atoms with Crippen molar-refractivity contribution in [1.82, 2.24) is 4.31 Å². The van der Waals surface area contributed by atoms with Gasteiger partial charge in [0.2, 0.25) is 10.0 Å². The lowest BCUT2D eigenvalue weighted by Gasteiger charge is -2.22. The summed E-state index contributed by atoms with van der Waals surface area (Å²) in [6, 6.07) is 16.0. The van der Waals surface area contributed by atoms with Crippen LogP contribution in [0.4, 0.5) is 5.69 Å². The largest absolute Gasteiger partial charge is 0.399 e. The maximum absolute atomic E-state index is 12.7. The highest BCUT2D eigenvalue weighted by molar-refractivity contribution is 7.89. The Labute approximate surface area is 126 Å². The van der Waals surface area contributed by atoms with Crippen LogP contribution >= 0.6 is 0 Å². The van der Waals surface area contributed by atoms with Crippen LogP contribution in [0.1, 0.15) is 18.9 Å². The van der Waals surface area contributed by atoms with Gasteiger partial charge in [0, 0.05) is 18.8 Å². The highest BCUT2D eigenvalue weighted by Gasteiger charge is 2.23. The lowest BCUT2D eigenvalue weighted by Crippen LogP contribution is -2.31. The Morgan fingerprint density at radius 2 is 1.76 bits per heavy atom. The van der Waals surface area contributed by atoms with Crippen molar-refractivity contribution in [3.05, 3.63) is 60.2 Å². The van der Waals surface area contributed by atoms with Gasteiger partial charge in [-0.2, -0.15) is 4.31 Å². The molecular weight excluding hydrogens is 284 g/mol. The second-order valence-corrected chi connectivity index (χ2v) is 6.83. The van der Waals surface area contributed by atoms with Gasteiger partial charge >= 0.3 is 0 Å². The molecule has 21 heavy (non-hydrogen) atoms. The topological polar surface area (TPSA) is 63.4 Å². The van der Waals surface area contributed by atoms with Gasteiger partial charge in [-0.3, -0.25) is 0 Å². The molecule has 0 atom stereocenters. The normalized spacial score (nSPS) is 11.7. The number of nitrogens with zero attached hydrogens (tertiary/aromatic N) is 1. The van der Waals surface area contributed by atoms with Crippen LogP contribution in [0.3, 0.4) is 0 Å². The standard InChI is InChI=1S/C16H20N2O2S/c1-2-11-18(13-14-7-4-3-5-8-14)21(19,20)16-10-6-9-15(17)12-16/h3-10,12H,2,11,13,17H2,1H3. The average Bonchev–Trinajstić information content (AvgIpc) is 2.48. The van der Waals surface area contributed by atoms with Crippen LogP contribution in [0.5, 0.6) is 0 Å². The summed E-state index contributed by atoms with van der Waals surface area (Å²) in [5.41, 5.74) is 7.12. The summed E-state index contributed by atoms with van der Waals surface area (Å²) in [6.07, 6.45) is 0.758. The second kappa shape index (κ2) is 6.74. The fourth-order valence-corrected chi connectivity index (χ4v) is 3.72. The molecule has 112 valence electrons. The minimum atomic E-state index is -3.53. The third-order valence-corrected chi connectivity index (χ3v) is 5.01. The van der Waals surface area contributed by atoms with Crippen molar-refractivity contribution in [2.75, 3.05) is 12.3 Å². The molecule has 0 aromatic heterocycles. The van der Waals surface area contributed by atoms with Crippen LogP contribution in [0, 0.1) is 0 Å². The zero-order valence-corrected chi connectivity index (χ0v) is 12.9. The third kappa shape index (κ3) is 3.83. The van der Waals surface area contributed by atoms with Crippen LogP contribution in [-0.4, -0.2) is 19.3 Å². The Bertz CT molecular complexity index is 684. The van der Waals surface area contributed by atoms with Gasteiger partial charge in [-0.15, -0.1) is 0 Å². The number of nitrogen functional groups attached to an aromatic ring is 1. The van der Waals surface area contributed by atoms with Gasteiger partial charge in [0.1, 0.15) is 0 Å². The first-order chi connectivity index (χ1) is 10.0. The number of nitrogens with two attached hydrogens (primary N) is 1. The molecular formula is C16H20N2O2S. The van der Waals surface area contributed by atoms with Crippen molar-refractivity contribution in [3.63, 3.8) is 0 Å². The van der Waals surface area contributed by atoms with E-state index in [2.05, 4.69) is 0 Å². The molecule has 0 aliphatic carbocycles. The molecule has 2 N–H and O–H groups in total. The molecule has 5 heteroatoms. The fraction of sp³-hybridized carbons (Fsp3) is 0.250. The average molecular weight is 304 g/mol. The van der Waals surface area contributed by atoms with E-state index in [9.17, 15) is 8.42 Å². The van der Waals surface area contributed by atoms with Gasteiger partial charge in [0.15, 0.2) is 0 Å². The van der Waals surface area contributed by atoms with Crippen molar-refractivity contribution < 1.29 is 8.42 Å². The molecule has 0 radical (unpaired) electrons. The van der Waals surface area contributed by atoms with Gasteiger partial charge in [0.25, 0.3) is 0 Å². The van der Waals surface area contributed by atoms with Crippen LogP contribution in [-0.2, 0) is 16.6 Å². The molecule has 0 unspecified atom stereocenters. The van der Waals surface area contributed by atoms with Crippen molar-refractivity contribution in [2.24, 2.45) is 0 Å². The molecule has 0 heterocycles. The lowest BCUT2D eigenvalue weighted by molar-refractivity contribution is 0.405. The zero-order valence-electron chi connectivity index (χ0n) is 12.1. The van der Waals surface area contributed by atoms with E-state index in [0.29, 0.717) is 18.8 Å². The summed E-state index contributed by atoms with van der Waals surface area (Å²) in [4.78, 5) is 0.242. The molecule has 0 spiro atoms. The number of benzene rings is 2. The molecule has 0 aliphatic rings. The third-order valence-electron chi connectivity index (χ3n) is 3.17. The first-order valence-corrected chi connectivity index (χ1v) is 8.37. The first kappa shape index (κ1) is 15.5. The summed E-state index contributed by atoms with van der Waals surface area (Å²) < 4.78 is 27.0. The molecule has 0 amide bonds. The fourth-order valence-electron chi connectivity index (χ4n) is 2.14. The maximum Gasteiger partial charge on any atom is 0.243 e. The van der Waals surface area contributed by atoms with E-state index in [0.717, 1.165) is 12.0 Å². The van der Waals surface area contributed by atoms with Gasteiger partial charge in [-0.1, -0.05) is 43.3 Å². The lowest BCUT2D eigenvalue weighted by atomic mass is 10.2. The molecule has 2 aromatic rings. The Hall–Kier alpha value is -1.85. The summed E-state index contributed by atoms with van der Waals surface area (Å²) >= 11 is 0. The summed E-state index contributed by atoms with van der Waals surface area (Å²) in [6.45, 7) is 2.81. The van der Waals surface area contributed by atoms with Crippen LogP contribution < -0.4 is 5.73 Å². The Morgan fingerprint density at radius 1 is 1.05 bits per heavy atom. The summed E-state index contributed by atoms with van der Waals surface area (Å²) in [7, 11) is -3.53. The number of hydrogen-bond donors (Lipinski definition) is 1. The zero-order chi connectivity index (χ0) is 15.3. The van der Waals surface area contributed by atoms with Crippen molar-refractivity contribution in [1.29, 1.82) is 0 Å². The van der Waals surface area contributed by atoms with Crippen LogP contribution in [0.25, 0.3) is 0 Å². The molecule has 4 nitrogen and oxygen atoms in total. The maximum atomic E-state index is 12.7. The Balaban J connectivity index is 2.32. The SMILES string of the molecule is CCCN(Cc1ccccc1)S(=O)(=O)c1cccc(N)c1. The molecule has 0 saturated carbocycles. The van der Waals surface area contributed by atoms with E-state index in [-0.39, 0.29) is 4.90 Å². The van der Waals surface area contributed by atoms with Gasteiger partial charge in [-0.05, 0) is 30.2 Å².